The van der Waals surface area contributed by atoms with Gasteiger partial charge in [-0.25, -0.2) is 4.68 Å². The van der Waals surface area contributed by atoms with Crippen LogP contribution in [0.2, 0.25) is 5.02 Å². The van der Waals surface area contributed by atoms with Gasteiger partial charge in [0.05, 0.1) is 17.8 Å². The normalized spacial score (nSPS) is 10.6. The highest BCUT2D eigenvalue weighted by atomic mass is 35.5. The third kappa shape index (κ3) is 4.82. The van der Waals surface area contributed by atoms with Crippen LogP contribution in [0.1, 0.15) is 15.9 Å². The lowest BCUT2D eigenvalue weighted by atomic mass is 10.1. The number of carbonyl (C=O) groups excluding carboxylic acids is 2. The van der Waals surface area contributed by atoms with E-state index in [2.05, 4.69) is 5.32 Å². The average Bonchev–Trinajstić information content (AvgIpc) is 3.19. The molecule has 1 heterocycles. The van der Waals surface area contributed by atoms with Crippen LogP contribution in [0.5, 0.6) is 0 Å². The number of anilines is 1. The number of aromatic nitrogens is 2. The van der Waals surface area contributed by atoms with Gasteiger partial charge in [-0.2, -0.15) is 5.10 Å². The summed E-state index contributed by atoms with van der Waals surface area (Å²) in [5.74, 6) is -0.714. The van der Waals surface area contributed by atoms with Gasteiger partial charge in [-0.3, -0.25) is 9.59 Å². The van der Waals surface area contributed by atoms with Crippen molar-refractivity contribution in [2.45, 2.75) is 6.42 Å². The Morgan fingerprint density at radius 1 is 0.935 bits per heavy atom. The van der Waals surface area contributed by atoms with Crippen molar-refractivity contribution < 1.29 is 9.59 Å². The number of hydrogen-bond donors (Lipinski definition) is 2. The first-order valence-corrected chi connectivity index (χ1v) is 9.97. The zero-order valence-electron chi connectivity index (χ0n) is 16.5. The van der Waals surface area contributed by atoms with E-state index in [-0.39, 0.29) is 12.3 Å². The van der Waals surface area contributed by atoms with Crippen LogP contribution in [-0.2, 0) is 11.2 Å². The number of nitrogens with one attached hydrogen (secondary N) is 1. The zero-order chi connectivity index (χ0) is 21.8. The minimum absolute atomic E-state index is 0.127. The molecule has 0 aliphatic heterocycles. The summed E-state index contributed by atoms with van der Waals surface area (Å²) in [6, 6.07) is 23.5. The molecule has 0 radical (unpaired) electrons. The van der Waals surface area contributed by atoms with E-state index in [0.29, 0.717) is 22.0 Å². The molecule has 2 amide bonds. The molecule has 0 bridgehead atoms. The number of halogens is 1. The van der Waals surface area contributed by atoms with E-state index >= 15 is 0 Å². The Labute approximate surface area is 184 Å². The maximum atomic E-state index is 12.7. The Bertz CT molecular complexity index is 1220. The molecule has 0 saturated carbocycles. The summed E-state index contributed by atoms with van der Waals surface area (Å²) in [5, 5.41) is 8.19. The Morgan fingerprint density at radius 3 is 2.26 bits per heavy atom. The van der Waals surface area contributed by atoms with Gasteiger partial charge in [-0.05, 0) is 48.5 Å². The molecule has 0 fully saturated rings. The predicted molar refractivity (Wildman–Crippen MR) is 121 cm³/mol. The lowest BCUT2D eigenvalue weighted by molar-refractivity contribution is -0.115. The fourth-order valence-electron chi connectivity index (χ4n) is 3.20. The molecule has 4 aromatic rings. The number of rotatable bonds is 6. The molecule has 0 unspecified atom stereocenters. The first-order chi connectivity index (χ1) is 15.0. The van der Waals surface area contributed by atoms with Crippen LogP contribution in [0.15, 0.2) is 85.1 Å². The summed E-state index contributed by atoms with van der Waals surface area (Å²) in [6.07, 6.45) is 1.98. The van der Waals surface area contributed by atoms with Crippen molar-refractivity contribution in [3.63, 3.8) is 0 Å². The lowest BCUT2D eigenvalue weighted by Gasteiger charge is -2.06. The van der Waals surface area contributed by atoms with Crippen LogP contribution >= 0.6 is 11.6 Å². The van der Waals surface area contributed by atoms with Gasteiger partial charge in [0.2, 0.25) is 11.8 Å². The number of benzene rings is 3. The highest BCUT2D eigenvalue weighted by Crippen LogP contribution is 2.26. The second-order valence-electron chi connectivity index (χ2n) is 6.96. The smallest absolute Gasteiger partial charge is 0.248 e. The van der Waals surface area contributed by atoms with Gasteiger partial charge < -0.3 is 11.1 Å². The molecular weight excluding hydrogens is 412 g/mol. The average molecular weight is 431 g/mol. The summed E-state index contributed by atoms with van der Waals surface area (Å²) < 4.78 is 1.76. The number of amides is 2. The number of nitrogens with zero attached hydrogens (tertiary/aromatic N) is 2. The van der Waals surface area contributed by atoms with Crippen molar-refractivity contribution in [1.82, 2.24) is 9.78 Å². The quantitative estimate of drug-likeness (QED) is 0.472. The SMILES string of the molecule is NC(=O)c1ccc(NC(=O)Cc2cn(-c3ccccc3)nc2-c2ccc(Cl)cc2)cc1. The minimum Gasteiger partial charge on any atom is -0.366 e. The minimum atomic E-state index is -0.515. The van der Waals surface area contributed by atoms with Crippen LogP contribution in [0.25, 0.3) is 16.9 Å². The summed E-state index contributed by atoms with van der Waals surface area (Å²) in [6.45, 7) is 0. The van der Waals surface area contributed by atoms with Gasteiger partial charge in [0, 0.05) is 33.6 Å². The molecule has 6 nitrogen and oxygen atoms in total. The van der Waals surface area contributed by atoms with E-state index in [0.717, 1.165) is 16.8 Å². The number of primary amides is 1. The third-order valence-corrected chi connectivity index (χ3v) is 4.98. The van der Waals surface area contributed by atoms with Crippen molar-refractivity contribution in [3.8, 4) is 16.9 Å². The van der Waals surface area contributed by atoms with Crippen molar-refractivity contribution in [2.75, 3.05) is 5.32 Å². The highest BCUT2D eigenvalue weighted by molar-refractivity contribution is 6.30. The molecule has 154 valence electrons. The van der Waals surface area contributed by atoms with E-state index in [1.165, 1.54) is 0 Å². The van der Waals surface area contributed by atoms with E-state index in [9.17, 15) is 9.59 Å². The van der Waals surface area contributed by atoms with Gasteiger partial charge in [0.1, 0.15) is 0 Å². The van der Waals surface area contributed by atoms with Gasteiger partial charge in [-0.15, -0.1) is 0 Å². The molecule has 31 heavy (non-hydrogen) atoms. The Balaban J connectivity index is 1.61. The fraction of sp³-hybridized carbons (Fsp3) is 0.0417. The van der Waals surface area contributed by atoms with E-state index in [1.54, 1.807) is 41.1 Å². The molecular formula is C24H19ClN4O2. The zero-order valence-corrected chi connectivity index (χ0v) is 17.2. The number of hydrogen-bond acceptors (Lipinski definition) is 3. The first-order valence-electron chi connectivity index (χ1n) is 9.59. The Morgan fingerprint density at radius 2 is 1.61 bits per heavy atom. The van der Waals surface area contributed by atoms with Crippen molar-refractivity contribution >= 4 is 29.1 Å². The van der Waals surface area contributed by atoms with Crippen LogP contribution in [0.3, 0.4) is 0 Å². The summed E-state index contributed by atoms with van der Waals surface area (Å²) in [5.41, 5.74) is 9.47. The van der Waals surface area contributed by atoms with Gasteiger partial charge in [0.15, 0.2) is 0 Å². The third-order valence-electron chi connectivity index (χ3n) is 4.73. The molecule has 0 saturated heterocycles. The number of para-hydroxylation sites is 1. The van der Waals surface area contributed by atoms with E-state index in [4.69, 9.17) is 22.4 Å². The number of nitrogens with two attached hydrogens (primary N) is 1. The summed E-state index contributed by atoms with van der Waals surface area (Å²) >= 11 is 6.03. The summed E-state index contributed by atoms with van der Waals surface area (Å²) in [4.78, 5) is 23.9. The molecule has 7 heteroatoms. The highest BCUT2D eigenvalue weighted by Gasteiger charge is 2.16. The maximum Gasteiger partial charge on any atom is 0.248 e. The van der Waals surface area contributed by atoms with Crippen molar-refractivity contribution in [1.29, 1.82) is 0 Å². The van der Waals surface area contributed by atoms with E-state index in [1.807, 2.05) is 48.7 Å². The molecule has 4 rings (SSSR count). The van der Waals surface area contributed by atoms with E-state index < -0.39 is 5.91 Å². The molecule has 0 spiro atoms. The molecule has 3 aromatic carbocycles. The molecule has 3 N–H and O–H groups in total. The van der Waals surface area contributed by atoms with Crippen molar-refractivity contribution in [3.05, 3.63) is 101 Å². The fourth-order valence-corrected chi connectivity index (χ4v) is 3.32. The Hall–Kier alpha value is -3.90. The standard InChI is InChI=1S/C24H19ClN4O2/c25-19-10-6-16(7-11-19)23-18(15-29(28-23)21-4-2-1-3-5-21)14-22(30)27-20-12-8-17(9-13-20)24(26)31/h1-13,15H,14H2,(H2,26,31)(H,27,30). The van der Waals surface area contributed by atoms with Gasteiger partial charge >= 0.3 is 0 Å². The van der Waals surface area contributed by atoms with Crippen LogP contribution in [0.4, 0.5) is 5.69 Å². The molecule has 0 aliphatic carbocycles. The van der Waals surface area contributed by atoms with Crippen LogP contribution in [-0.4, -0.2) is 21.6 Å². The van der Waals surface area contributed by atoms with Crippen LogP contribution < -0.4 is 11.1 Å². The Kier molecular flexibility index (Phi) is 5.82. The molecule has 0 atom stereocenters. The monoisotopic (exact) mass is 430 g/mol. The maximum absolute atomic E-state index is 12.7. The number of carbonyl (C=O) groups is 2. The second kappa shape index (κ2) is 8.85. The largest absolute Gasteiger partial charge is 0.366 e. The van der Waals surface area contributed by atoms with Crippen LogP contribution in [0, 0.1) is 0 Å². The summed E-state index contributed by atoms with van der Waals surface area (Å²) in [7, 11) is 0. The predicted octanol–water partition coefficient (Wildman–Crippen LogP) is 4.47. The lowest BCUT2D eigenvalue weighted by Crippen LogP contribution is -2.15. The van der Waals surface area contributed by atoms with Crippen molar-refractivity contribution in [2.24, 2.45) is 5.73 Å². The van der Waals surface area contributed by atoms with Gasteiger partial charge in [-0.1, -0.05) is 41.9 Å². The topological polar surface area (TPSA) is 90.0 Å². The van der Waals surface area contributed by atoms with Gasteiger partial charge in [0.25, 0.3) is 0 Å². The second-order valence-corrected chi connectivity index (χ2v) is 7.39. The molecule has 1 aromatic heterocycles. The first kappa shape index (κ1) is 20.4. The molecule has 0 aliphatic rings.